The van der Waals surface area contributed by atoms with E-state index < -0.39 is 0 Å². The van der Waals surface area contributed by atoms with Crippen molar-refractivity contribution in [2.45, 2.75) is 64.1 Å². The number of carbonyl (C=O) groups is 1. The topological polar surface area (TPSA) is 65.4 Å². The monoisotopic (exact) mass is 437 g/mol. The third kappa shape index (κ3) is 5.94. The summed E-state index contributed by atoms with van der Waals surface area (Å²) >= 11 is 1.61. The lowest BCUT2D eigenvalue weighted by atomic mass is 10.1. The molecule has 0 spiro atoms. The maximum atomic E-state index is 12.6. The molecule has 5 nitrogen and oxygen atoms in total. The number of thiophene rings is 1. The number of nitriles is 1. The molecule has 1 aliphatic heterocycles. The van der Waals surface area contributed by atoms with Gasteiger partial charge in [0.05, 0.1) is 18.3 Å². The molecule has 1 amide bonds. The fourth-order valence-electron chi connectivity index (χ4n) is 4.49. The van der Waals surface area contributed by atoms with Gasteiger partial charge in [0.15, 0.2) is 0 Å². The maximum absolute atomic E-state index is 12.6. The van der Waals surface area contributed by atoms with Crippen LogP contribution in [0.3, 0.4) is 0 Å². The van der Waals surface area contributed by atoms with E-state index in [1.807, 2.05) is 18.2 Å². The normalized spacial score (nSPS) is 17.5. The molecule has 6 heteroatoms. The Kier molecular flexibility index (Phi) is 7.74. The van der Waals surface area contributed by atoms with Gasteiger partial charge < -0.3 is 15.0 Å². The molecule has 2 aliphatic rings. The van der Waals surface area contributed by atoms with E-state index in [2.05, 4.69) is 28.4 Å². The van der Waals surface area contributed by atoms with Crippen LogP contribution in [0.25, 0.3) is 0 Å². The summed E-state index contributed by atoms with van der Waals surface area (Å²) in [4.78, 5) is 16.2. The number of hydrogen-bond donors (Lipinski definition) is 1. The maximum Gasteiger partial charge on any atom is 0.226 e. The standard InChI is InChI=1S/C25H31N3O2S/c26-17-22-21-9-5-2-6-10-23(21)31-25(22)27-24(29)13-16-28-14-11-20(12-15-28)30-18-19-7-3-1-4-8-19/h1,3-4,7-8,20H,2,5-6,9-16,18H2,(H,27,29). The summed E-state index contributed by atoms with van der Waals surface area (Å²) < 4.78 is 6.06. The number of nitrogens with one attached hydrogen (secondary N) is 1. The van der Waals surface area contributed by atoms with Crippen LogP contribution in [0.15, 0.2) is 30.3 Å². The first-order valence-electron chi connectivity index (χ1n) is 11.5. The third-order valence-corrected chi connectivity index (χ3v) is 7.51. The molecule has 0 radical (unpaired) electrons. The fourth-order valence-corrected chi connectivity index (χ4v) is 5.74. The smallest absolute Gasteiger partial charge is 0.226 e. The number of benzene rings is 1. The van der Waals surface area contributed by atoms with Crippen molar-refractivity contribution in [3.8, 4) is 6.07 Å². The van der Waals surface area contributed by atoms with Gasteiger partial charge in [0.25, 0.3) is 0 Å². The van der Waals surface area contributed by atoms with Gasteiger partial charge in [-0.2, -0.15) is 5.26 Å². The van der Waals surface area contributed by atoms with Gasteiger partial charge in [-0.25, -0.2) is 0 Å². The van der Waals surface area contributed by atoms with Crippen LogP contribution in [-0.2, 0) is 29.0 Å². The molecule has 1 aromatic heterocycles. The first kappa shape index (κ1) is 22.0. The second-order valence-electron chi connectivity index (χ2n) is 8.52. The zero-order chi connectivity index (χ0) is 21.5. The number of ether oxygens (including phenoxy) is 1. The molecule has 1 fully saturated rings. The quantitative estimate of drug-likeness (QED) is 0.626. The number of likely N-dealkylation sites (tertiary alicyclic amines) is 1. The Balaban J connectivity index is 1.20. The predicted molar refractivity (Wildman–Crippen MR) is 124 cm³/mol. The van der Waals surface area contributed by atoms with Gasteiger partial charge in [-0.15, -0.1) is 11.3 Å². The summed E-state index contributed by atoms with van der Waals surface area (Å²) in [6.45, 7) is 3.34. The van der Waals surface area contributed by atoms with Crippen molar-refractivity contribution in [3.05, 3.63) is 51.9 Å². The largest absolute Gasteiger partial charge is 0.373 e. The lowest BCUT2D eigenvalue weighted by Gasteiger charge is -2.31. The molecule has 0 bridgehead atoms. The van der Waals surface area contributed by atoms with Crippen LogP contribution in [0, 0.1) is 11.3 Å². The van der Waals surface area contributed by atoms with Crippen LogP contribution >= 0.6 is 11.3 Å². The molecular weight excluding hydrogens is 406 g/mol. The van der Waals surface area contributed by atoms with Gasteiger partial charge in [0.2, 0.25) is 5.91 Å². The molecular formula is C25H31N3O2S. The zero-order valence-electron chi connectivity index (χ0n) is 18.1. The second kappa shape index (κ2) is 10.9. The number of aryl methyl sites for hydroxylation is 1. The molecule has 0 saturated carbocycles. The first-order valence-corrected chi connectivity index (χ1v) is 12.3. The minimum absolute atomic E-state index is 0.00959. The Morgan fingerprint density at radius 1 is 1.16 bits per heavy atom. The molecule has 4 rings (SSSR count). The summed E-state index contributed by atoms with van der Waals surface area (Å²) in [6, 6.07) is 12.6. The Hall–Kier alpha value is -2.20. The third-order valence-electron chi connectivity index (χ3n) is 6.30. The van der Waals surface area contributed by atoms with Gasteiger partial charge in [-0.05, 0) is 49.7 Å². The van der Waals surface area contributed by atoms with Crippen molar-refractivity contribution in [3.63, 3.8) is 0 Å². The van der Waals surface area contributed by atoms with Crippen LogP contribution in [0.1, 0.15) is 60.1 Å². The van der Waals surface area contributed by atoms with E-state index in [0.29, 0.717) is 24.7 Å². The van der Waals surface area contributed by atoms with Crippen LogP contribution in [0.2, 0.25) is 0 Å². The average molecular weight is 438 g/mol. The predicted octanol–water partition coefficient (Wildman–Crippen LogP) is 4.90. The average Bonchev–Trinajstić information content (AvgIpc) is 2.96. The summed E-state index contributed by atoms with van der Waals surface area (Å²) in [5.41, 5.74) is 3.09. The highest BCUT2D eigenvalue weighted by atomic mass is 32.1. The second-order valence-corrected chi connectivity index (χ2v) is 9.62. The van der Waals surface area contributed by atoms with E-state index in [1.54, 1.807) is 11.3 Å². The van der Waals surface area contributed by atoms with Crippen LogP contribution in [-0.4, -0.2) is 36.5 Å². The minimum atomic E-state index is 0.00959. The van der Waals surface area contributed by atoms with Crippen LogP contribution in [0.4, 0.5) is 5.00 Å². The number of anilines is 1. The van der Waals surface area contributed by atoms with Gasteiger partial charge >= 0.3 is 0 Å². The van der Waals surface area contributed by atoms with Gasteiger partial charge in [-0.3, -0.25) is 4.79 Å². The summed E-state index contributed by atoms with van der Waals surface area (Å²) in [7, 11) is 0. The molecule has 2 aromatic rings. The van der Waals surface area contributed by atoms with Crippen molar-refractivity contribution < 1.29 is 9.53 Å². The van der Waals surface area contributed by atoms with Crippen LogP contribution < -0.4 is 5.32 Å². The Morgan fingerprint density at radius 3 is 2.71 bits per heavy atom. The highest BCUT2D eigenvalue weighted by Crippen LogP contribution is 2.37. The van der Waals surface area contributed by atoms with E-state index in [0.717, 1.165) is 56.7 Å². The van der Waals surface area contributed by atoms with Crippen molar-refractivity contribution in [1.29, 1.82) is 5.26 Å². The lowest BCUT2D eigenvalue weighted by Crippen LogP contribution is -2.38. The number of rotatable bonds is 7. The van der Waals surface area contributed by atoms with Gasteiger partial charge in [0, 0.05) is 30.9 Å². The zero-order valence-corrected chi connectivity index (χ0v) is 18.9. The van der Waals surface area contributed by atoms with E-state index in [9.17, 15) is 10.1 Å². The molecule has 2 heterocycles. The van der Waals surface area contributed by atoms with Crippen molar-refractivity contribution in [1.82, 2.24) is 4.90 Å². The highest BCUT2D eigenvalue weighted by molar-refractivity contribution is 7.16. The van der Waals surface area contributed by atoms with Gasteiger partial charge in [-0.1, -0.05) is 36.8 Å². The molecule has 31 heavy (non-hydrogen) atoms. The lowest BCUT2D eigenvalue weighted by molar-refractivity contribution is -0.116. The molecule has 0 atom stereocenters. The fraction of sp³-hybridized carbons (Fsp3) is 0.520. The molecule has 1 saturated heterocycles. The van der Waals surface area contributed by atoms with Crippen molar-refractivity contribution in [2.75, 3.05) is 25.0 Å². The number of amides is 1. The van der Waals surface area contributed by atoms with Crippen molar-refractivity contribution in [2.24, 2.45) is 0 Å². The van der Waals surface area contributed by atoms with Crippen molar-refractivity contribution >= 4 is 22.2 Å². The molecule has 1 N–H and O–H groups in total. The number of carbonyl (C=O) groups excluding carboxylic acids is 1. The Morgan fingerprint density at radius 2 is 1.94 bits per heavy atom. The van der Waals surface area contributed by atoms with E-state index >= 15 is 0 Å². The number of hydrogen-bond acceptors (Lipinski definition) is 5. The SMILES string of the molecule is N#Cc1c(NC(=O)CCN2CCC(OCc3ccccc3)CC2)sc2c1CCCCC2. The number of nitrogens with zero attached hydrogens (tertiary/aromatic N) is 2. The molecule has 1 aromatic carbocycles. The summed E-state index contributed by atoms with van der Waals surface area (Å²) in [6.07, 6.45) is 8.30. The van der Waals surface area contributed by atoms with E-state index in [4.69, 9.17) is 4.74 Å². The summed E-state index contributed by atoms with van der Waals surface area (Å²) in [5.74, 6) is 0.00959. The molecule has 164 valence electrons. The number of piperidine rings is 1. The van der Waals surface area contributed by atoms with E-state index in [-0.39, 0.29) is 5.91 Å². The molecule has 1 aliphatic carbocycles. The van der Waals surface area contributed by atoms with Crippen LogP contribution in [0.5, 0.6) is 0 Å². The minimum Gasteiger partial charge on any atom is -0.373 e. The highest BCUT2D eigenvalue weighted by Gasteiger charge is 2.22. The Labute approximate surface area is 189 Å². The first-order chi connectivity index (χ1) is 15.2. The summed E-state index contributed by atoms with van der Waals surface area (Å²) in [5, 5.41) is 13.4. The van der Waals surface area contributed by atoms with E-state index in [1.165, 1.54) is 28.8 Å². The van der Waals surface area contributed by atoms with Gasteiger partial charge in [0.1, 0.15) is 11.1 Å². The Bertz CT molecular complexity index is 911. The number of fused-ring (bicyclic) bond motifs is 1. The molecule has 0 unspecified atom stereocenters.